The minimum Gasteiger partial charge on any atom is -0.352 e. The Balaban J connectivity index is 2.36. The van der Waals surface area contributed by atoms with E-state index in [1.807, 2.05) is 6.92 Å². The Kier molecular flexibility index (Phi) is 3.99. The first-order chi connectivity index (χ1) is 9.61. The first kappa shape index (κ1) is 13.6. The molecular formula is C13H14N4O3. The molecule has 2 N–H and O–H groups in total. The van der Waals surface area contributed by atoms with Crippen LogP contribution in [0.25, 0.3) is 0 Å². The van der Waals surface area contributed by atoms with Crippen LogP contribution in [0.3, 0.4) is 0 Å². The molecule has 0 atom stereocenters. The molecule has 0 aliphatic heterocycles. The number of nitrogens with one attached hydrogen (secondary N) is 2. The van der Waals surface area contributed by atoms with E-state index in [9.17, 15) is 14.9 Å². The van der Waals surface area contributed by atoms with Crippen molar-refractivity contribution in [1.82, 2.24) is 9.99 Å². The minimum absolute atomic E-state index is 0.0910. The van der Waals surface area contributed by atoms with E-state index in [2.05, 4.69) is 10.7 Å². The standard InChI is InChI=1S/C13H14N4O3/c1-2-14-13(18)10-5-6-12(17(19)20)11(9-10)15-16-7-3-4-8-16/h3-9,15H,2H2,1H3,(H,14,18). The molecule has 0 aliphatic carbocycles. The molecule has 0 fully saturated rings. The highest BCUT2D eigenvalue weighted by atomic mass is 16.6. The molecule has 0 bridgehead atoms. The van der Waals surface area contributed by atoms with E-state index in [0.717, 1.165) is 0 Å². The van der Waals surface area contributed by atoms with Gasteiger partial charge >= 0.3 is 0 Å². The molecule has 20 heavy (non-hydrogen) atoms. The molecular weight excluding hydrogens is 260 g/mol. The van der Waals surface area contributed by atoms with Gasteiger partial charge in [-0.05, 0) is 31.2 Å². The van der Waals surface area contributed by atoms with Crippen LogP contribution < -0.4 is 10.7 Å². The third-order valence-electron chi connectivity index (χ3n) is 2.65. The number of amides is 1. The van der Waals surface area contributed by atoms with Crippen LogP contribution in [0.1, 0.15) is 17.3 Å². The fraction of sp³-hybridized carbons (Fsp3) is 0.154. The van der Waals surface area contributed by atoms with Gasteiger partial charge in [0, 0.05) is 30.6 Å². The van der Waals surface area contributed by atoms with E-state index < -0.39 is 4.92 Å². The molecule has 0 saturated heterocycles. The van der Waals surface area contributed by atoms with Crippen LogP contribution in [-0.2, 0) is 0 Å². The number of nitro benzene ring substituents is 1. The molecule has 7 heteroatoms. The normalized spacial score (nSPS) is 10.1. The smallest absolute Gasteiger partial charge is 0.294 e. The summed E-state index contributed by atoms with van der Waals surface area (Å²) < 4.78 is 1.57. The number of hydrogen-bond acceptors (Lipinski definition) is 4. The summed E-state index contributed by atoms with van der Waals surface area (Å²) in [4.78, 5) is 22.3. The largest absolute Gasteiger partial charge is 0.352 e. The predicted molar refractivity (Wildman–Crippen MR) is 74.6 cm³/mol. The van der Waals surface area contributed by atoms with Crippen molar-refractivity contribution in [3.05, 3.63) is 58.4 Å². The Morgan fingerprint density at radius 2 is 2.05 bits per heavy atom. The van der Waals surface area contributed by atoms with Crippen molar-refractivity contribution >= 4 is 17.3 Å². The van der Waals surface area contributed by atoms with Crippen LogP contribution in [-0.4, -0.2) is 22.1 Å². The zero-order valence-electron chi connectivity index (χ0n) is 10.9. The van der Waals surface area contributed by atoms with Crippen molar-refractivity contribution in [2.75, 3.05) is 12.0 Å². The Labute approximate surface area is 115 Å². The molecule has 1 aromatic heterocycles. The van der Waals surface area contributed by atoms with Crippen LogP contribution in [0.15, 0.2) is 42.7 Å². The second-order valence-corrected chi connectivity index (χ2v) is 4.05. The van der Waals surface area contributed by atoms with Gasteiger partial charge in [-0.3, -0.25) is 25.0 Å². The molecule has 0 saturated carbocycles. The summed E-state index contributed by atoms with van der Waals surface area (Å²) in [6.07, 6.45) is 3.42. The third kappa shape index (κ3) is 2.94. The van der Waals surface area contributed by atoms with E-state index in [1.54, 1.807) is 29.2 Å². The van der Waals surface area contributed by atoms with Crippen molar-refractivity contribution in [3.8, 4) is 0 Å². The number of nitro groups is 1. The van der Waals surface area contributed by atoms with E-state index in [4.69, 9.17) is 0 Å². The second-order valence-electron chi connectivity index (χ2n) is 4.05. The fourth-order valence-corrected chi connectivity index (χ4v) is 1.74. The van der Waals surface area contributed by atoms with Gasteiger partial charge in [-0.2, -0.15) is 0 Å². The van der Waals surface area contributed by atoms with E-state index in [0.29, 0.717) is 12.1 Å². The van der Waals surface area contributed by atoms with Gasteiger partial charge in [0.25, 0.3) is 11.6 Å². The lowest BCUT2D eigenvalue weighted by molar-refractivity contribution is -0.384. The molecule has 0 unspecified atom stereocenters. The van der Waals surface area contributed by atoms with E-state index >= 15 is 0 Å². The lowest BCUT2D eigenvalue weighted by atomic mass is 10.1. The predicted octanol–water partition coefficient (Wildman–Crippen LogP) is 2.02. The van der Waals surface area contributed by atoms with Gasteiger partial charge in [0.05, 0.1) is 4.92 Å². The fourth-order valence-electron chi connectivity index (χ4n) is 1.74. The number of nitrogens with zero attached hydrogens (tertiary/aromatic N) is 2. The first-order valence-electron chi connectivity index (χ1n) is 6.08. The molecule has 1 heterocycles. The summed E-state index contributed by atoms with van der Waals surface area (Å²) in [6.45, 7) is 2.30. The average Bonchev–Trinajstić information content (AvgIpc) is 2.91. The Hall–Kier alpha value is -2.83. The maximum atomic E-state index is 11.8. The summed E-state index contributed by atoms with van der Waals surface area (Å²) in [6, 6.07) is 7.78. The van der Waals surface area contributed by atoms with Crippen molar-refractivity contribution in [1.29, 1.82) is 0 Å². The van der Waals surface area contributed by atoms with E-state index in [1.165, 1.54) is 18.2 Å². The van der Waals surface area contributed by atoms with Gasteiger partial charge in [0.2, 0.25) is 0 Å². The summed E-state index contributed by atoms with van der Waals surface area (Å²) in [5, 5.41) is 13.7. The minimum atomic E-state index is -0.493. The van der Waals surface area contributed by atoms with E-state index in [-0.39, 0.29) is 17.3 Å². The summed E-state index contributed by atoms with van der Waals surface area (Å²) >= 11 is 0. The van der Waals surface area contributed by atoms with Gasteiger partial charge in [-0.1, -0.05) is 0 Å². The monoisotopic (exact) mass is 274 g/mol. The summed E-state index contributed by atoms with van der Waals surface area (Å²) in [5.41, 5.74) is 3.40. The molecule has 104 valence electrons. The van der Waals surface area contributed by atoms with Crippen LogP contribution in [0.2, 0.25) is 0 Å². The van der Waals surface area contributed by atoms with Crippen molar-refractivity contribution in [2.24, 2.45) is 0 Å². The number of anilines is 1. The molecule has 0 aliphatic rings. The Morgan fingerprint density at radius 1 is 1.35 bits per heavy atom. The number of carbonyl (C=O) groups is 1. The van der Waals surface area contributed by atoms with Crippen LogP contribution in [0, 0.1) is 10.1 Å². The van der Waals surface area contributed by atoms with Gasteiger partial charge in [0.1, 0.15) is 5.69 Å². The number of benzene rings is 1. The maximum absolute atomic E-state index is 11.8. The van der Waals surface area contributed by atoms with Gasteiger partial charge in [-0.15, -0.1) is 0 Å². The number of rotatable bonds is 5. The number of hydrogen-bond donors (Lipinski definition) is 2. The molecule has 0 spiro atoms. The van der Waals surface area contributed by atoms with Gasteiger partial charge < -0.3 is 5.32 Å². The lowest BCUT2D eigenvalue weighted by Crippen LogP contribution is -2.22. The zero-order chi connectivity index (χ0) is 14.5. The van der Waals surface area contributed by atoms with Crippen LogP contribution >= 0.6 is 0 Å². The SMILES string of the molecule is CCNC(=O)c1ccc([N+](=O)[O-])c(Nn2cccc2)c1. The molecule has 2 rings (SSSR count). The molecule has 0 radical (unpaired) electrons. The lowest BCUT2D eigenvalue weighted by Gasteiger charge is -2.10. The molecule has 7 nitrogen and oxygen atoms in total. The van der Waals surface area contributed by atoms with Crippen molar-refractivity contribution < 1.29 is 9.72 Å². The number of carbonyl (C=O) groups excluding carboxylic acids is 1. The zero-order valence-corrected chi connectivity index (χ0v) is 10.9. The number of aromatic nitrogens is 1. The van der Waals surface area contributed by atoms with Crippen LogP contribution in [0.4, 0.5) is 11.4 Å². The van der Waals surface area contributed by atoms with Gasteiger partial charge in [-0.25, -0.2) is 0 Å². The Bertz CT molecular complexity index is 623. The molecule has 1 aromatic carbocycles. The van der Waals surface area contributed by atoms with Crippen molar-refractivity contribution in [2.45, 2.75) is 6.92 Å². The first-order valence-corrected chi connectivity index (χ1v) is 6.08. The van der Waals surface area contributed by atoms with Gasteiger partial charge in [0.15, 0.2) is 0 Å². The summed E-state index contributed by atoms with van der Waals surface area (Å²) in [5.74, 6) is -0.266. The highest BCUT2D eigenvalue weighted by Gasteiger charge is 2.16. The van der Waals surface area contributed by atoms with Crippen molar-refractivity contribution in [3.63, 3.8) is 0 Å². The topological polar surface area (TPSA) is 89.2 Å². The quantitative estimate of drug-likeness (QED) is 0.644. The average molecular weight is 274 g/mol. The third-order valence-corrected chi connectivity index (χ3v) is 2.65. The highest BCUT2D eigenvalue weighted by Crippen LogP contribution is 2.25. The maximum Gasteiger partial charge on any atom is 0.294 e. The summed E-state index contributed by atoms with van der Waals surface area (Å²) in [7, 11) is 0. The molecule has 2 aromatic rings. The van der Waals surface area contributed by atoms with Crippen LogP contribution in [0.5, 0.6) is 0 Å². The highest BCUT2D eigenvalue weighted by molar-refractivity contribution is 5.95. The Morgan fingerprint density at radius 3 is 2.65 bits per heavy atom. The second kappa shape index (κ2) is 5.87. The molecule has 1 amide bonds.